The Morgan fingerprint density at radius 3 is 1.91 bits per heavy atom. The van der Waals surface area contributed by atoms with E-state index in [0.717, 1.165) is 15.1 Å². The van der Waals surface area contributed by atoms with Crippen molar-refractivity contribution < 1.29 is 31.2 Å². The first-order valence-electron chi connectivity index (χ1n) is 13.9. The van der Waals surface area contributed by atoms with Gasteiger partial charge in [0.1, 0.15) is 12.3 Å². The molecule has 46 heavy (non-hydrogen) atoms. The number of methoxy groups -OCH3 is 1. The second kappa shape index (κ2) is 13.3. The van der Waals surface area contributed by atoms with E-state index in [4.69, 9.17) is 4.74 Å². The van der Waals surface area contributed by atoms with Crippen LogP contribution >= 0.6 is 0 Å². The molecule has 0 atom stereocenters. The van der Waals surface area contributed by atoms with Gasteiger partial charge in [-0.15, -0.1) is 0 Å². The van der Waals surface area contributed by atoms with Gasteiger partial charge in [0.2, 0.25) is 11.8 Å². The molecular formula is C33H30N4O7S2. The number of amides is 2. The summed E-state index contributed by atoms with van der Waals surface area (Å²) >= 11 is 0. The van der Waals surface area contributed by atoms with Crippen molar-refractivity contribution in [2.24, 2.45) is 0 Å². The van der Waals surface area contributed by atoms with Crippen molar-refractivity contribution in [1.82, 2.24) is 0 Å². The van der Waals surface area contributed by atoms with Crippen molar-refractivity contribution in [2.45, 2.75) is 16.7 Å². The molecule has 5 aromatic rings. The highest BCUT2D eigenvalue weighted by Crippen LogP contribution is 2.28. The van der Waals surface area contributed by atoms with Crippen LogP contribution < -0.4 is 24.4 Å². The van der Waals surface area contributed by atoms with Gasteiger partial charge in [-0.25, -0.2) is 16.8 Å². The van der Waals surface area contributed by atoms with E-state index in [2.05, 4.69) is 15.4 Å². The van der Waals surface area contributed by atoms with E-state index in [0.29, 0.717) is 17.1 Å². The lowest BCUT2D eigenvalue weighted by Crippen LogP contribution is -2.38. The number of fused-ring (bicyclic) bond motifs is 1. The minimum atomic E-state index is -4.25. The summed E-state index contributed by atoms with van der Waals surface area (Å²) in [6, 6.07) is 30.0. The first kappa shape index (κ1) is 32.0. The molecule has 0 aliphatic rings. The highest BCUT2D eigenvalue weighted by Gasteiger charge is 2.27. The fourth-order valence-corrected chi connectivity index (χ4v) is 7.17. The van der Waals surface area contributed by atoms with E-state index in [1.54, 1.807) is 24.3 Å². The van der Waals surface area contributed by atoms with E-state index in [-0.39, 0.29) is 27.1 Å². The van der Waals surface area contributed by atoms with Gasteiger partial charge in [-0.3, -0.25) is 18.6 Å². The van der Waals surface area contributed by atoms with Crippen LogP contribution in [0, 0.1) is 0 Å². The van der Waals surface area contributed by atoms with Crippen molar-refractivity contribution in [3.63, 3.8) is 0 Å². The van der Waals surface area contributed by atoms with Gasteiger partial charge < -0.3 is 15.4 Å². The number of anilines is 4. The molecule has 0 heterocycles. The molecule has 0 aliphatic heterocycles. The molecule has 5 rings (SSSR count). The summed E-state index contributed by atoms with van der Waals surface area (Å²) in [5, 5.41) is 6.85. The van der Waals surface area contributed by atoms with Crippen LogP contribution in [-0.4, -0.2) is 42.3 Å². The number of benzene rings is 5. The molecule has 0 aliphatic carbocycles. The normalized spacial score (nSPS) is 11.4. The SMILES string of the molecule is COc1ccc(N(CC(=O)Nc2ccc(S(=O)(=O)Nc3cccc4ccccc34)cc2)S(=O)(=O)c2ccc(NC(C)=O)cc2)cc1. The van der Waals surface area contributed by atoms with E-state index >= 15 is 0 Å². The second-order valence-electron chi connectivity index (χ2n) is 10.1. The van der Waals surface area contributed by atoms with Crippen molar-refractivity contribution in [2.75, 3.05) is 33.3 Å². The number of hydrogen-bond acceptors (Lipinski definition) is 7. The number of carbonyl (C=O) groups is 2. The first-order chi connectivity index (χ1) is 22.0. The Morgan fingerprint density at radius 2 is 1.28 bits per heavy atom. The Labute approximate surface area is 266 Å². The van der Waals surface area contributed by atoms with Gasteiger partial charge >= 0.3 is 0 Å². The largest absolute Gasteiger partial charge is 0.497 e. The maximum atomic E-state index is 13.7. The molecule has 13 heteroatoms. The number of rotatable bonds is 11. The Hall–Kier alpha value is -5.40. The summed E-state index contributed by atoms with van der Waals surface area (Å²) in [6.07, 6.45) is 0. The summed E-state index contributed by atoms with van der Waals surface area (Å²) < 4.78 is 62.5. The van der Waals surface area contributed by atoms with Crippen LogP contribution in [0.1, 0.15) is 6.92 Å². The van der Waals surface area contributed by atoms with Crippen molar-refractivity contribution in [3.8, 4) is 5.75 Å². The lowest BCUT2D eigenvalue weighted by atomic mass is 10.1. The molecule has 0 spiro atoms. The molecule has 0 bridgehead atoms. The van der Waals surface area contributed by atoms with Crippen LogP contribution in [0.5, 0.6) is 5.75 Å². The number of hydrogen-bond donors (Lipinski definition) is 3. The fraction of sp³-hybridized carbons (Fsp3) is 0.0909. The fourth-order valence-electron chi connectivity index (χ4n) is 4.67. The summed E-state index contributed by atoms with van der Waals surface area (Å²) in [4.78, 5) is 24.4. The molecule has 3 N–H and O–H groups in total. The average molecular weight is 659 g/mol. The number of ether oxygens (including phenoxy) is 1. The van der Waals surface area contributed by atoms with E-state index in [1.165, 1.54) is 74.7 Å². The molecule has 2 amide bonds. The van der Waals surface area contributed by atoms with Crippen LogP contribution in [0.4, 0.5) is 22.7 Å². The third kappa shape index (κ3) is 7.28. The zero-order valence-electron chi connectivity index (χ0n) is 24.8. The van der Waals surface area contributed by atoms with Crippen LogP contribution in [0.2, 0.25) is 0 Å². The lowest BCUT2D eigenvalue weighted by molar-refractivity contribution is -0.115. The van der Waals surface area contributed by atoms with Crippen molar-refractivity contribution in [1.29, 1.82) is 0 Å². The third-order valence-electron chi connectivity index (χ3n) is 6.89. The lowest BCUT2D eigenvalue weighted by Gasteiger charge is -2.24. The van der Waals surface area contributed by atoms with Crippen LogP contribution in [0.3, 0.4) is 0 Å². The molecule has 0 saturated carbocycles. The van der Waals surface area contributed by atoms with Crippen molar-refractivity contribution in [3.05, 3.63) is 115 Å². The van der Waals surface area contributed by atoms with Gasteiger partial charge in [0, 0.05) is 23.7 Å². The zero-order valence-corrected chi connectivity index (χ0v) is 26.4. The maximum Gasteiger partial charge on any atom is 0.264 e. The minimum absolute atomic E-state index is 0.0245. The van der Waals surface area contributed by atoms with Crippen LogP contribution in [0.25, 0.3) is 10.8 Å². The highest BCUT2D eigenvalue weighted by molar-refractivity contribution is 7.93. The zero-order chi connectivity index (χ0) is 32.9. The van der Waals surface area contributed by atoms with Gasteiger partial charge in [-0.05, 0) is 84.2 Å². The van der Waals surface area contributed by atoms with E-state index in [1.807, 2.05) is 30.3 Å². The minimum Gasteiger partial charge on any atom is -0.497 e. The molecule has 11 nitrogen and oxygen atoms in total. The molecule has 0 unspecified atom stereocenters. The predicted molar refractivity (Wildman–Crippen MR) is 178 cm³/mol. The Kier molecular flexibility index (Phi) is 9.26. The van der Waals surface area contributed by atoms with E-state index in [9.17, 15) is 26.4 Å². The summed E-state index contributed by atoms with van der Waals surface area (Å²) in [7, 11) is -6.72. The van der Waals surface area contributed by atoms with Crippen LogP contribution in [0.15, 0.2) is 125 Å². The number of carbonyl (C=O) groups excluding carboxylic acids is 2. The Balaban J connectivity index is 1.34. The smallest absolute Gasteiger partial charge is 0.264 e. The van der Waals surface area contributed by atoms with Gasteiger partial charge in [0.05, 0.1) is 28.3 Å². The van der Waals surface area contributed by atoms with Crippen LogP contribution in [-0.2, 0) is 29.6 Å². The Morgan fingerprint density at radius 1 is 0.696 bits per heavy atom. The quantitative estimate of drug-likeness (QED) is 0.171. The third-order valence-corrected chi connectivity index (χ3v) is 10.1. The highest BCUT2D eigenvalue weighted by atomic mass is 32.2. The topological polar surface area (TPSA) is 151 Å². The van der Waals surface area contributed by atoms with Gasteiger partial charge in [0.15, 0.2) is 0 Å². The van der Waals surface area contributed by atoms with Gasteiger partial charge in [-0.1, -0.05) is 36.4 Å². The average Bonchev–Trinajstić information content (AvgIpc) is 3.04. The molecule has 0 aromatic heterocycles. The maximum absolute atomic E-state index is 13.7. The molecule has 0 fully saturated rings. The standard InChI is InChI=1S/C33H30N4O7S2/c1-23(38)34-25-12-20-30(21-13-25)46(42,43)37(27-14-16-28(44-2)17-15-27)22-33(39)35-26-10-18-29(19-11-26)45(40,41)36-32-9-5-7-24-6-3-4-8-31(24)32/h3-21,36H,22H2,1-2H3,(H,34,38)(H,35,39). The molecular weight excluding hydrogens is 629 g/mol. The Bertz CT molecular complexity index is 2100. The van der Waals surface area contributed by atoms with Crippen molar-refractivity contribution >= 4 is 65.4 Å². The molecule has 5 aromatic carbocycles. The summed E-state index contributed by atoms with van der Waals surface area (Å²) in [6.45, 7) is 0.745. The predicted octanol–water partition coefficient (Wildman–Crippen LogP) is 5.44. The summed E-state index contributed by atoms with van der Waals surface area (Å²) in [5.41, 5.74) is 1.32. The first-order valence-corrected chi connectivity index (χ1v) is 16.8. The number of sulfonamides is 2. The van der Waals surface area contributed by atoms with Gasteiger partial charge in [-0.2, -0.15) is 0 Å². The number of nitrogens with one attached hydrogen (secondary N) is 3. The molecule has 0 saturated heterocycles. The second-order valence-corrected chi connectivity index (χ2v) is 13.7. The van der Waals surface area contributed by atoms with Gasteiger partial charge in [0.25, 0.3) is 20.0 Å². The monoisotopic (exact) mass is 658 g/mol. The molecule has 0 radical (unpaired) electrons. The van der Waals surface area contributed by atoms with E-state index < -0.39 is 32.5 Å². The number of nitrogens with zero attached hydrogens (tertiary/aromatic N) is 1. The molecule has 236 valence electrons. The summed E-state index contributed by atoms with van der Waals surface area (Å²) in [5.74, 6) is -0.479.